The number of hydrogen-bond donors (Lipinski definition) is 1. The van der Waals surface area contributed by atoms with Crippen LogP contribution in [0, 0.1) is 6.92 Å². The van der Waals surface area contributed by atoms with Gasteiger partial charge in [-0.2, -0.15) is 8.42 Å². The highest BCUT2D eigenvalue weighted by molar-refractivity contribution is 7.87. The molecule has 1 N–H and O–H groups in total. The van der Waals surface area contributed by atoms with Crippen LogP contribution in [0.2, 0.25) is 5.02 Å². The smallest absolute Gasteiger partial charge is 0.340 e. The van der Waals surface area contributed by atoms with Gasteiger partial charge in [0.2, 0.25) is 0 Å². The van der Waals surface area contributed by atoms with Gasteiger partial charge in [-0.3, -0.25) is 0 Å². The van der Waals surface area contributed by atoms with Gasteiger partial charge in [0.15, 0.2) is 0 Å². The Morgan fingerprint density at radius 3 is 2.33 bits per heavy atom. The number of hydrogen-bond acceptors (Lipinski definition) is 4. The highest BCUT2D eigenvalue weighted by atomic mass is 35.5. The Bertz CT molecular complexity index is 1010. The van der Waals surface area contributed by atoms with Crippen molar-refractivity contribution in [2.24, 2.45) is 0 Å². The van der Waals surface area contributed by atoms with Gasteiger partial charge < -0.3 is 14.4 Å². The fourth-order valence-electron chi connectivity index (χ4n) is 3.09. The average Bonchev–Trinajstić information content (AvgIpc) is 3.43. The second kappa shape index (κ2) is 8.47. The van der Waals surface area contributed by atoms with E-state index in [2.05, 4.69) is 5.32 Å². The molecular weight excluding hydrogens is 424 g/mol. The molecule has 1 aliphatic rings. The molecule has 0 heterocycles. The largest absolute Gasteiger partial charge is 0.379 e. The first-order valence-corrected chi connectivity index (χ1v) is 11.6. The molecule has 2 amide bonds. The second-order valence-corrected chi connectivity index (χ2v) is 10.5. The number of nitrogens with zero attached hydrogens (tertiary/aromatic N) is 1. The van der Waals surface area contributed by atoms with Crippen molar-refractivity contribution < 1.29 is 17.4 Å². The maximum Gasteiger partial charge on any atom is 0.340 e. The minimum Gasteiger partial charge on any atom is -0.379 e. The molecule has 2 aromatic rings. The zero-order chi connectivity index (χ0) is 22.1. The quantitative estimate of drug-likeness (QED) is 0.636. The molecule has 1 fully saturated rings. The molecular formula is C22H27ClN2O4S. The second-order valence-electron chi connectivity index (χ2n) is 8.61. The predicted octanol–water partition coefficient (Wildman–Crippen LogP) is 4.89. The van der Waals surface area contributed by atoms with Gasteiger partial charge in [-0.25, -0.2) is 4.79 Å². The SMILES string of the molecule is Cc1cccc(Cl)c1S(=O)(=O)Oc1ccc(CN(C(=O)NC(C)(C)C)C2CC2)cc1. The third-order valence-corrected chi connectivity index (χ3v) is 6.51. The van der Waals surface area contributed by atoms with Gasteiger partial charge in [0, 0.05) is 18.1 Å². The number of rotatable bonds is 6. The molecule has 2 aromatic carbocycles. The lowest BCUT2D eigenvalue weighted by Gasteiger charge is -2.28. The number of carbonyl (C=O) groups is 1. The average molecular weight is 451 g/mol. The summed E-state index contributed by atoms with van der Waals surface area (Å²) in [6.07, 6.45) is 1.99. The Balaban J connectivity index is 1.72. The van der Waals surface area contributed by atoms with E-state index in [-0.39, 0.29) is 33.3 Å². The summed E-state index contributed by atoms with van der Waals surface area (Å²) < 4.78 is 30.6. The molecule has 0 radical (unpaired) electrons. The number of carbonyl (C=O) groups excluding carboxylic acids is 1. The van der Waals surface area contributed by atoms with Crippen molar-refractivity contribution in [3.8, 4) is 5.75 Å². The maximum absolute atomic E-state index is 12.7. The number of aryl methyl sites for hydroxylation is 1. The molecule has 6 nitrogen and oxygen atoms in total. The maximum atomic E-state index is 12.7. The minimum atomic E-state index is -4.05. The molecule has 0 saturated heterocycles. The highest BCUT2D eigenvalue weighted by Crippen LogP contribution is 2.30. The minimum absolute atomic E-state index is 0.0329. The van der Waals surface area contributed by atoms with Crippen LogP contribution in [0.5, 0.6) is 5.75 Å². The van der Waals surface area contributed by atoms with Crippen molar-refractivity contribution in [2.75, 3.05) is 0 Å². The summed E-state index contributed by atoms with van der Waals surface area (Å²) in [6.45, 7) is 7.96. The van der Waals surface area contributed by atoms with E-state index in [1.165, 1.54) is 6.07 Å². The summed E-state index contributed by atoms with van der Waals surface area (Å²) in [5.74, 6) is 0.190. The summed E-state index contributed by atoms with van der Waals surface area (Å²) in [4.78, 5) is 14.4. The van der Waals surface area contributed by atoms with Crippen molar-refractivity contribution in [2.45, 2.75) is 63.6 Å². The van der Waals surface area contributed by atoms with Crippen molar-refractivity contribution >= 4 is 27.8 Å². The third-order valence-electron chi connectivity index (χ3n) is 4.63. The highest BCUT2D eigenvalue weighted by Gasteiger charge is 2.34. The lowest BCUT2D eigenvalue weighted by Crippen LogP contribution is -2.49. The zero-order valence-electron chi connectivity index (χ0n) is 17.6. The summed E-state index contributed by atoms with van der Waals surface area (Å²) in [5, 5.41) is 3.12. The normalized spacial score (nSPS) is 14.3. The van der Waals surface area contributed by atoms with Crippen LogP contribution in [0.4, 0.5) is 4.79 Å². The van der Waals surface area contributed by atoms with Crippen LogP contribution in [0.15, 0.2) is 47.4 Å². The van der Waals surface area contributed by atoms with Crippen LogP contribution >= 0.6 is 11.6 Å². The molecule has 0 aliphatic heterocycles. The lowest BCUT2D eigenvalue weighted by atomic mass is 10.1. The first kappa shape index (κ1) is 22.4. The first-order chi connectivity index (χ1) is 14.0. The standard InChI is InChI=1S/C22H27ClN2O4S/c1-15-6-5-7-19(23)20(15)30(27,28)29-18-12-8-16(9-13-18)14-25(17-10-11-17)21(26)24-22(2,3)4/h5-9,12-13,17H,10-11,14H2,1-4H3,(H,24,26). The topological polar surface area (TPSA) is 75.7 Å². The number of benzene rings is 2. The molecule has 1 aliphatic carbocycles. The summed E-state index contributed by atoms with van der Waals surface area (Å²) >= 11 is 6.07. The number of amides is 2. The van der Waals surface area contributed by atoms with Gasteiger partial charge in [0.1, 0.15) is 10.6 Å². The van der Waals surface area contributed by atoms with Crippen LogP contribution in [-0.2, 0) is 16.7 Å². The summed E-state index contributed by atoms with van der Waals surface area (Å²) in [7, 11) is -4.05. The van der Waals surface area contributed by atoms with Crippen molar-refractivity contribution in [1.29, 1.82) is 0 Å². The molecule has 0 bridgehead atoms. The molecule has 30 heavy (non-hydrogen) atoms. The van der Waals surface area contributed by atoms with Gasteiger partial charge >= 0.3 is 16.1 Å². The fourth-order valence-corrected chi connectivity index (χ4v) is 4.82. The van der Waals surface area contributed by atoms with Gasteiger partial charge in [-0.1, -0.05) is 35.9 Å². The fraction of sp³-hybridized carbons (Fsp3) is 0.409. The Morgan fingerprint density at radius 2 is 1.80 bits per heavy atom. The Labute approximate surface area is 183 Å². The zero-order valence-corrected chi connectivity index (χ0v) is 19.2. The number of nitrogens with one attached hydrogen (secondary N) is 1. The van der Waals surface area contributed by atoms with E-state index >= 15 is 0 Å². The van der Waals surface area contributed by atoms with E-state index in [4.69, 9.17) is 15.8 Å². The van der Waals surface area contributed by atoms with Gasteiger partial charge in [0.25, 0.3) is 0 Å². The third kappa shape index (κ3) is 5.67. The van der Waals surface area contributed by atoms with Crippen molar-refractivity contribution in [1.82, 2.24) is 10.2 Å². The van der Waals surface area contributed by atoms with Gasteiger partial charge in [-0.05, 0) is 69.9 Å². The molecule has 0 atom stereocenters. The predicted molar refractivity (Wildman–Crippen MR) is 117 cm³/mol. The summed E-state index contributed by atoms with van der Waals surface area (Å²) in [5.41, 5.74) is 1.10. The molecule has 162 valence electrons. The summed E-state index contributed by atoms with van der Waals surface area (Å²) in [6, 6.07) is 11.7. The van der Waals surface area contributed by atoms with Crippen LogP contribution in [0.25, 0.3) is 0 Å². The monoisotopic (exact) mass is 450 g/mol. The van der Waals surface area contributed by atoms with E-state index in [1.54, 1.807) is 43.3 Å². The van der Waals surface area contributed by atoms with E-state index in [1.807, 2.05) is 25.7 Å². The van der Waals surface area contributed by atoms with Crippen LogP contribution in [0.3, 0.4) is 0 Å². The molecule has 0 aromatic heterocycles. The number of urea groups is 1. The van der Waals surface area contributed by atoms with E-state index in [0.717, 1.165) is 18.4 Å². The van der Waals surface area contributed by atoms with Gasteiger partial charge in [-0.15, -0.1) is 0 Å². The van der Waals surface area contributed by atoms with Crippen LogP contribution < -0.4 is 9.50 Å². The lowest BCUT2D eigenvalue weighted by molar-refractivity contribution is 0.183. The van der Waals surface area contributed by atoms with E-state index < -0.39 is 10.1 Å². The van der Waals surface area contributed by atoms with E-state index in [0.29, 0.717) is 12.1 Å². The first-order valence-electron chi connectivity index (χ1n) is 9.83. The van der Waals surface area contributed by atoms with Crippen LogP contribution in [0.1, 0.15) is 44.7 Å². The Kier molecular flexibility index (Phi) is 6.34. The van der Waals surface area contributed by atoms with Crippen molar-refractivity contribution in [3.05, 3.63) is 58.6 Å². The molecule has 1 saturated carbocycles. The Hall–Kier alpha value is -2.25. The van der Waals surface area contributed by atoms with E-state index in [9.17, 15) is 13.2 Å². The number of halogens is 1. The molecule has 3 rings (SSSR count). The van der Waals surface area contributed by atoms with Crippen molar-refractivity contribution in [3.63, 3.8) is 0 Å². The molecule has 8 heteroatoms. The van der Waals surface area contributed by atoms with Gasteiger partial charge in [0.05, 0.1) is 5.02 Å². The Morgan fingerprint density at radius 1 is 1.17 bits per heavy atom. The van der Waals surface area contributed by atoms with Crippen LogP contribution in [-0.4, -0.2) is 30.9 Å². The molecule has 0 unspecified atom stereocenters. The molecule has 0 spiro atoms.